The molecule has 2 unspecified atom stereocenters. The van der Waals surface area contributed by atoms with E-state index in [1.807, 2.05) is 0 Å². The van der Waals surface area contributed by atoms with Gasteiger partial charge < -0.3 is 20.6 Å². The minimum Gasteiger partial charge on any atom is -0.375 e. The summed E-state index contributed by atoms with van der Waals surface area (Å²) in [5.74, 6) is 0. The van der Waals surface area contributed by atoms with Gasteiger partial charge in [-0.3, -0.25) is 0 Å². The van der Waals surface area contributed by atoms with Crippen LogP contribution in [-0.2, 0) is 45.2 Å². The van der Waals surface area contributed by atoms with Crippen molar-refractivity contribution in [1.29, 1.82) is 0 Å². The summed E-state index contributed by atoms with van der Waals surface area (Å²) in [4.78, 5) is 7.80. The maximum atomic E-state index is 3.96. The summed E-state index contributed by atoms with van der Waals surface area (Å²) in [7, 11) is 0. The molecule has 2 aromatic rings. The van der Waals surface area contributed by atoms with E-state index in [0.717, 1.165) is 51.4 Å². The number of fused-ring (bicyclic) bond motifs is 8. The second kappa shape index (κ2) is 13.2. The van der Waals surface area contributed by atoms with Crippen LogP contribution in [0, 0.1) is 0 Å². The quantitative estimate of drug-likeness (QED) is 0.242. The maximum absolute atomic E-state index is 3.96. The second-order valence-electron chi connectivity index (χ2n) is 11.3. The van der Waals surface area contributed by atoms with Crippen molar-refractivity contribution in [3.8, 4) is 0 Å². The van der Waals surface area contributed by atoms with E-state index in [1.54, 1.807) is 0 Å². The third-order valence-electron chi connectivity index (χ3n) is 9.49. The van der Waals surface area contributed by atoms with Crippen LogP contribution in [0.3, 0.4) is 0 Å². The van der Waals surface area contributed by atoms with Gasteiger partial charge in [-0.2, -0.15) is 0 Å². The van der Waals surface area contributed by atoms with E-state index >= 15 is 0 Å². The van der Waals surface area contributed by atoms with Crippen LogP contribution in [-0.4, -0.2) is 22.1 Å². The van der Waals surface area contributed by atoms with Crippen LogP contribution < -0.4 is 21.3 Å². The van der Waals surface area contributed by atoms with Gasteiger partial charge >= 0.3 is 0 Å². The van der Waals surface area contributed by atoms with Crippen LogP contribution in [0.15, 0.2) is 33.7 Å². The molecule has 5 rings (SSSR count). The molecular formula is C36H50N4Rh. The molecule has 0 fully saturated rings. The molecular weight excluding hydrogens is 591 g/mol. The molecule has 8 bridgehead atoms. The molecule has 3 aliphatic heterocycles. The molecule has 0 spiro atoms. The Balaban J connectivity index is 0.00000387. The number of rotatable bonds is 8. The molecule has 41 heavy (non-hydrogen) atoms. The monoisotopic (exact) mass is 641 g/mol. The van der Waals surface area contributed by atoms with E-state index < -0.39 is 0 Å². The van der Waals surface area contributed by atoms with Crippen molar-refractivity contribution in [3.63, 3.8) is 0 Å². The zero-order valence-corrected chi connectivity index (χ0v) is 28.1. The van der Waals surface area contributed by atoms with Gasteiger partial charge in [0, 0.05) is 53.0 Å². The first-order chi connectivity index (χ1) is 19.5. The summed E-state index contributed by atoms with van der Waals surface area (Å²) in [6.07, 6.45) is 18.0. The Labute approximate surface area is 260 Å². The summed E-state index contributed by atoms with van der Waals surface area (Å²) in [6, 6.07) is 0.416. The number of allylic oxidation sites excluding steroid dienone is 2. The maximum Gasteiger partial charge on any atom is 0.0687 e. The Morgan fingerprint density at radius 2 is 0.878 bits per heavy atom. The van der Waals surface area contributed by atoms with Crippen LogP contribution in [0.1, 0.15) is 115 Å². The zero-order valence-electron chi connectivity index (χ0n) is 26.5. The van der Waals surface area contributed by atoms with Gasteiger partial charge in [0.05, 0.1) is 12.1 Å². The summed E-state index contributed by atoms with van der Waals surface area (Å²) in [6.45, 7) is 18.4. The number of aromatic amines is 2. The van der Waals surface area contributed by atoms with Gasteiger partial charge in [-0.25, -0.2) is 0 Å². The van der Waals surface area contributed by atoms with Crippen molar-refractivity contribution in [2.75, 3.05) is 0 Å². The van der Waals surface area contributed by atoms with Gasteiger partial charge in [0.1, 0.15) is 0 Å². The molecule has 0 aromatic carbocycles. The molecule has 3 aliphatic rings. The van der Waals surface area contributed by atoms with Gasteiger partial charge in [0.15, 0.2) is 0 Å². The van der Waals surface area contributed by atoms with Crippen LogP contribution >= 0.6 is 0 Å². The molecule has 0 saturated heterocycles. The summed E-state index contributed by atoms with van der Waals surface area (Å²) >= 11 is 0. The number of H-pyrrole nitrogens is 2. The predicted octanol–water partition coefficient (Wildman–Crippen LogP) is 6.72. The van der Waals surface area contributed by atoms with Gasteiger partial charge in [-0.15, -0.1) is 0 Å². The predicted molar refractivity (Wildman–Crippen MR) is 172 cm³/mol. The molecule has 0 saturated carbocycles. The van der Waals surface area contributed by atoms with Crippen molar-refractivity contribution in [1.82, 2.24) is 20.6 Å². The molecule has 4 nitrogen and oxygen atoms in total. The largest absolute Gasteiger partial charge is 0.375 e. The topological polar surface area (TPSA) is 55.6 Å². The minimum absolute atomic E-state index is 0. The fourth-order valence-corrected chi connectivity index (χ4v) is 7.66. The Morgan fingerprint density at radius 3 is 1.20 bits per heavy atom. The van der Waals surface area contributed by atoms with Crippen molar-refractivity contribution >= 4 is 24.3 Å². The third-order valence-corrected chi connectivity index (χ3v) is 9.49. The van der Waals surface area contributed by atoms with Crippen LogP contribution in [0.4, 0.5) is 0 Å². The Morgan fingerprint density at radius 1 is 0.488 bits per heavy atom. The molecule has 5 heteroatoms. The first-order valence-corrected chi connectivity index (χ1v) is 16.0. The Hall–Kier alpha value is -2.52. The fraction of sp³-hybridized carbons (Fsp3) is 0.500. The Bertz CT molecular complexity index is 1430. The van der Waals surface area contributed by atoms with E-state index in [9.17, 15) is 0 Å². The number of aromatic nitrogens is 2. The van der Waals surface area contributed by atoms with E-state index in [2.05, 4.69) is 100 Å². The van der Waals surface area contributed by atoms with Gasteiger partial charge in [0.25, 0.3) is 0 Å². The van der Waals surface area contributed by atoms with E-state index in [-0.39, 0.29) is 31.6 Å². The molecule has 2 aromatic heterocycles. The summed E-state index contributed by atoms with van der Waals surface area (Å²) < 4.78 is 0. The van der Waals surface area contributed by atoms with E-state index in [4.69, 9.17) is 0 Å². The molecule has 1 radical (unpaired) electrons. The smallest absolute Gasteiger partial charge is 0.0687 e. The number of nitrogens with one attached hydrogen (secondary N) is 4. The molecule has 5 heterocycles. The van der Waals surface area contributed by atoms with Crippen molar-refractivity contribution < 1.29 is 19.5 Å². The van der Waals surface area contributed by atoms with Crippen LogP contribution in [0.25, 0.3) is 24.3 Å². The molecule has 4 N–H and O–H groups in total. The normalized spacial score (nSPS) is 22.6. The Kier molecular flexibility index (Phi) is 10.1. The van der Waals surface area contributed by atoms with E-state index in [0.29, 0.717) is 0 Å². The van der Waals surface area contributed by atoms with E-state index in [1.165, 1.54) is 78.0 Å². The number of hydrogen-bond acceptors (Lipinski definition) is 2. The first-order valence-electron chi connectivity index (χ1n) is 16.0. The minimum atomic E-state index is 0. The SMILES string of the molecule is CCC1=C(CC)C2/C=c3\[nH]/c(c(CC)c3CC)=C\C3N/C(=C\c4[nH]c(c(CC)c4CC)C=C1N2)C(CC)=C3CC.[Rh]. The molecule has 0 aliphatic carbocycles. The standard InChI is InChI=1S/C36H50N4.Rh/c1-9-21-22(10-2)30-18-32-25(13-5)26(14-6)34(39-32)20-36-28(16-8)27(15-7)35(40-36)19-33-24(12-4)23(11-3)31(38-33)17-29(21)37-30;/h17-20,29,35,37-40H,9-16H2,1-8H3;/b30-18-,31-17-,33-19-,36-20?;. The van der Waals surface area contributed by atoms with Gasteiger partial charge in [-0.05, 0) is 120 Å². The van der Waals surface area contributed by atoms with Crippen LogP contribution in [0.2, 0.25) is 0 Å². The number of hydrogen-bond donors (Lipinski definition) is 4. The fourth-order valence-electron chi connectivity index (χ4n) is 7.66. The zero-order chi connectivity index (χ0) is 28.6. The first kappa shape index (κ1) is 31.4. The van der Waals surface area contributed by atoms with Gasteiger partial charge in [-0.1, -0.05) is 55.4 Å². The molecule has 0 amide bonds. The second-order valence-corrected chi connectivity index (χ2v) is 11.3. The summed E-state index contributed by atoms with van der Waals surface area (Å²) in [5.41, 5.74) is 16.9. The molecule has 223 valence electrons. The average Bonchev–Trinajstić information content (AvgIpc) is 3.67. The molecule has 2 atom stereocenters. The van der Waals surface area contributed by atoms with Crippen molar-refractivity contribution in [2.24, 2.45) is 0 Å². The summed E-state index contributed by atoms with van der Waals surface area (Å²) in [5, 5.41) is 10.5. The third kappa shape index (κ3) is 5.40. The van der Waals surface area contributed by atoms with Gasteiger partial charge in [0.2, 0.25) is 0 Å². The average molecular weight is 642 g/mol. The van der Waals surface area contributed by atoms with Crippen molar-refractivity contribution in [3.05, 3.63) is 78.0 Å². The van der Waals surface area contributed by atoms with Crippen molar-refractivity contribution in [2.45, 2.75) is 119 Å². The van der Waals surface area contributed by atoms with Crippen LogP contribution in [0.5, 0.6) is 0 Å².